The number of pyridine rings is 1. The summed E-state index contributed by atoms with van der Waals surface area (Å²) < 4.78 is 7.30. The molecule has 0 aliphatic carbocycles. The number of urea groups is 1. The summed E-state index contributed by atoms with van der Waals surface area (Å²) >= 11 is 0. The number of H-pyrrole nitrogens is 1. The molecule has 0 unspecified atom stereocenters. The second kappa shape index (κ2) is 13.5. The highest BCUT2D eigenvalue weighted by Gasteiger charge is 2.18. The molecule has 3 aromatic heterocycles. The van der Waals surface area contributed by atoms with Crippen LogP contribution in [0.5, 0.6) is 0 Å². The van der Waals surface area contributed by atoms with Crippen LogP contribution in [0.15, 0.2) is 79.1 Å². The van der Waals surface area contributed by atoms with Gasteiger partial charge in [0.1, 0.15) is 11.3 Å². The average molecular weight is 593 g/mol. The molecule has 0 saturated carbocycles. The number of para-hydroxylation sites is 1. The fourth-order valence-electron chi connectivity index (χ4n) is 5.35. The van der Waals surface area contributed by atoms with Gasteiger partial charge >= 0.3 is 6.03 Å². The van der Waals surface area contributed by atoms with Crippen LogP contribution < -0.4 is 16.0 Å². The first-order valence-corrected chi connectivity index (χ1v) is 14.9. The van der Waals surface area contributed by atoms with Crippen molar-refractivity contribution in [3.63, 3.8) is 0 Å². The largest absolute Gasteiger partial charge is 0.379 e. The zero-order valence-electron chi connectivity index (χ0n) is 24.7. The maximum absolute atomic E-state index is 12.7. The number of anilines is 2. The Morgan fingerprint density at radius 3 is 2.45 bits per heavy atom. The third-order valence-corrected chi connectivity index (χ3v) is 7.62. The van der Waals surface area contributed by atoms with Crippen molar-refractivity contribution in [2.45, 2.75) is 19.9 Å². The van der Waals surface area contributed by atoms with Gasteiger partial charge in [-0.2, -0.15) is 5.10 Å². The Balaban J connectivity index is 1.17. The molecular formula is C33H36N8O3. The Kier molecular flexibility index (Phi) is 8.95. The summed E-state index contributed by atoms with van der Waals surface area (Å²) in [5, 5.41) is 14.5. The predicted molar refractivity (Wildman–Crippen MR) is 171 cm³/mol. The standard InChI is InChI=1S/C33H36N8O3/c1-2-41-22-29(31(39-41)23-8-10-25(11-9-23)38-33(43)37-24-6-4-3-5-7-24)27-12-13-35-32-28(27)20-26(36-32)21-30(42)34-14-15-40-16-18-44-19-17-40/h3-13,20,22H,2,14-19,21H2,1H3,(H,34,42)(H,35,36)(H2,37,38,43). The van der Waals surface area contributed by atoms with Gasteiger partial charge in [-0.05, 0) is 48.9 Å². The lowest BCUT2D eigenvalue weighted by Gasteiger charge is -2.26. The average Bonchev–Trinajstić information content (AvgIpc) is 3.66. The molecule has 0 spiro atoms. The lowest BCUT2D eigenvalue weighted by molar-refractivity contribution is -0.120. The summed E-state index contributed by atoms with van der Waals surface area (Å²) in [7, 11) is 0. The van der Waals surface area contributed by atoms with E-state index in [0.717, 1.165) is 77.6 Å². The van der Waals surface area contributed by atoms with Crippen molar-refractivity contribution < 1.29 is 14.3 Å². The van der Waals surface area contributed by atoms with Crippen molar-refractivity contribution in [1.29, 1.82) is 0 Å². The van der Waals surface area contributed by atoms with Crippen LogP contribution >= 0.6 is 0 Å². The number of carbonyl (C=O) groups is 2. The van der Waals surface area contributed by atoms with Crippen molar-refractivity contribution in [2.24, 2.45) is 0 Å². The zero-order chi connectivity index (χ0) is 30.3. The van der Waals surface area contributed by atoms with Crippen LogP contribution in [0, 0.1) is 0 Å². The van der Waals surface area contributed by atoms with Gasteiger partial charge in [-0.3, -0.25) is 14.4 Å². The van der Waals surface area contributed by atoms with Crippen LogP contribution in [-0.4, -0.2) is 76.0 Å². The van der Waals surface area contributed by atoms with Crippen molar-refractivity contribution in [3.8, 4) is 22.4 Å². The lowest BCUT2D eigenvalue weighted by atomic mass is 10.00. The molecule has 6 rings (SSSR count). The zero-order valence-corrected chi connectivity index (χ0v) is 24.7. The Labute approximate surface area is 255 Å². The molecule has 44 heavy (non-hydrogen) atoms. The molecule has 1 fully saturated rings. The van der Waals surface area contributed by atoms with E-state index in [1.807, 2.05) is 84.5 Å². The quantitative estimate of drug-likeness (QED) is 0.185. The van der Waals surface area contributed by atoms with Gasteiger partial charge in [-0.25, -0.2) is 9.78 Å². The summed E-state index contributed by atoms with van der Waals surface area (Å²) in [6.07, 6.45) is 4.05. The fourth-order valence-corrected chi connectivity index (χ4v) is 5.35. The van der Waals surface area contributed by atoms with Gasteiger partial charge in [0, 0.05) is 78.7 Å². The molecule has 1 saturated heterocycles. The number of nitrogens with one attached hydrogen (secondary N) is 4. The van der Waals surface area contributed by atoms with Crippen molar-refractivity contribution >= 4 is 34.3 Å². The number of aromatic nitrogens is 4. The van der Waals surface area contributed by atoms with Gasteiger partial charge in [-0.15, -0.1) is 0 Å². The van der Waals surface area contributed by atoms with E-state index in [9.17, 15) is 9.59 Å². The summed E-state index contributed by atoms with van der Waals surface area (Å²) in [6, 6.07) is 20.6. The predicted octanol–water partition coefficient (Wildman–Crippen LogP) is 4.75. The molecular weight excluding hydrogens is 556 g/mol. The first-order chi connectivity index (χ1) is 21.6. The second-order valence-electron chi connectivity index (χ2n) is 10.7. The second-order valence-corrected chi connectivity index (χ2v) is 10.7. The fraction of sp³-hybridized carbons (Fsp3) is 0.273. The highest BCUT2D eigenvalue weighted by Crippen LogP contribution is 2.35. The number of hydrogen-bond donors (Lipinski definition) is 4. The first kappa shape index (κ1) is 29.1. The van der Waals surface area contributed by atoms with E-state index < -0.39 is 0 Å². The first-order valence-electron chi connectivity index (χ1n) is 14.9. The number of aryl methyl sites for hydroxylation is 1. The summed E-state index contributed by atoms with van der Waals surface area (Å²) in [5.74, 6) is -0.0305. The Morgan fingerprint density at radius 1 is 0.955 bits per heavy atom. The van der Waals surface area contributed by atoms with Crippen molar-refractivity contribution in [2.75, 3.05) is 50.0 Å². The van der Waals surface area contributed by atoms with Crippen LogP contribution in [0.3, 0.4) is 0 Å². The Bertz CT molecular complexity index is 1720. The summed E-state index contributed by atoms with van der Waals surface area (Å²) in [6.45, 7) is 7.47. The van der Waals surface area contributed by atoms with Crippen LogP contribution in [0.4, 0.5) is 16.2 Å². The number of fused-ring (bicyclic) bond motifs is 1. The van der Waals surface area contributed by atoms with E-state index in [1.54, 1.807) is 6.20 Å². The number of aromatic amines is 1. The minimum absolute atomic E-state index is 0.0305. The molecule has 226 valence electrons. The normalized spacial score (nSPS) is 13.6. The minimum atomic E-state index is -0.312. The maximum Gasteiger partial charge on any atom is 0.323 e. The maximum atomic E-state index is 12.7. The van der Waals surface area contributed by atoms with Crippen LogP contribution in [-0.2, 0) is 22.5 Å². The smallest absolute Gasteiger partial charge is 0.323 e. The topological polar surface area (TPSA) is 129 Å². The van der Waals surface area contributed by atoms with Gasteiger partial charge in [0.25, 0.3) is 0 Å². The Hall–Kier alpha value is -5.00. The molecule has 3 amide bonds. The van der Waals surface area contributed by atoms with Gasteiger partial charge in [0.05, 0.1) is 19.6 Å². The molecule has 1 aliphatic heterocycles. The number of hydrogen-bond acceptors (Lipinski definition) is 6. The van der Waals surface area contributed by atoms with Crippen LogP contribution in [0.2, 0.25) is 0 Å². The third kappa shape index (κ3) is 6.96. The molecule has 11 nitrogen and oxygen atoms in total. The van der Waals surface area contributed by atoms with E-state index in [1.165, 1.54) is 0 Å². The number of ether oxygens (including phenoxy) is 1. The van der Waals surface area contributed by atoms with E-state index in [-0.39, 0.29) is 18.4 Å². The molecule has 5 aromatic rings. The highest BCUT2D eigenvalue weighted by atomic mass is 16.5. The molecule has 0 radical (unpaired) electrons. The van der Waals surface area contributed by atoms with Gasteiger partial charge < -0.3 is 25.7 Å². The van der Waals surface area contributed by atoms with E-state index >= 15 is 0 Å². The monoisotopic (exact) mass is 592 g/mol. The number of amides is 3. The van der Waals surface area contributed by atoms with Crippen LogP contribution in [0.25, 0.3) is 33.4 Å². The molecule has 11 heteroatoms. The number of morpholine rings is 1. The van der Waals surface area contributed by atoms with E-state index in [2.05, 4.69) is 30.8 Å². The van der Waals surface area contributed by atoms with Crippen LogP contribution in [0.1, 0.15) is 12.6 Å². The van der Waals surface area contributed by atoms with Gasteiger partial charge in [-0.1, -0.05) is 30.3 Å². The van der Waals surface area contributed by atoms with E-state index in [0.29, 0.717) is 18.8 Å². The molecule has 4 N–H and O–H groups in total. The molecule has 4 heterocycles. The number of nitrogens with zero attached hydrogens (tertiary/aromatic N) is 4. The summed E-state index contributed by atoms with van der Waals surface area (Å²) in [5.41, 5.74) is 6.59. The molecule has 1 aliphatic rings. The lowest BCUT2D eigenvalue weighted by Crippen LogP contribution is -2.41. The number of benzene rings is 2. The molecule has 0 atom stereocenters. The van der Waals surface area contributed by atoms with Crippen molar-refractivity contribution in [3.05, 3.63) is 84.8 Å². The van der Waals surface area contributed by atoms with Crippen molar-refractivity contribution in [1.82, 2.24) is 30.0 Å². The molecule has 0 bridgehead atoms. The SMILES string of the molecule is CCn1cc(-c2ccnc3[nH]c(CC(=O)NCCN4CCOCC4)cc23)c(-c2ccc(NC(=O)Nc3ccccc3)cc2)n1. The van der Waals surface area contributed by atoms with Gasteiger partial charge in [0.2, 0.25) is 5.91 Å². The molecule has 2 aromatic carbocycles. The number of rotatable bonds is 10. The minimum Gasteiger partial charge on any atom is -0.379 e. The van der Waals surface area contributed by atoms with Gasteiger partial charge in [0.15, 0.2) is 0 Å². The summed E-state index contributed by atoms with van der Waals surface area (Å²) in [4.78, 5) is 35.3. The Morgan fingerprint density at radius 2 is 1.70 bits per heavy atom. The number of carbonyl (C=O) groups excluding carboxylic acids is 2. The highest BCUT2D eigenvalue weighted by molar-refractivity contribution is 6.00. The third-order valence-electron chi connectivity index (χ3n) is 7.62. The van der Waals surface area contributed by atoms with E-state index in [4.69, 9.17) is 9.84 Å².